The summed E-state index contributed by atoms with van der Waals surface area (Å²) in [6.07, 6.45) is 0.931. The maximum Gasteiger partial charge on any atom is 0.262 e. The summed E-state index contributed by atoms with van der Waals surface area (Å²) in [5, 5.41) is 2.77. The summed E-state index contributed by atoms with van der Waals surface area (Å²) in [6.45, 7) is 4.29. The molecule has 7 nitrogen and oxygen atoms in total. The predicted octanol–water partition coefficient (Wildman–Crippen LogP) is 2.32. The Balaban J connectivity index is 1.44. The van der Waals surface area contributed by atoms with E-state index in [0.717, 1.165) is 28.2 Å². The van der Waals surface area contributed by atoms with Gasteiger partial charge < -0.3 is 14.8 Å². The van der Waals surface area contributed by atoms with Crippen LogP contribution in [-0.4, -0.2) is 41.9 Å². The first-order valence-electron chi connectivity index (χ1n) is 9.65. The SMILES string of the molecule is CCOc1cc2c(cc1CNC(=O)CN1C(=O)c3ccccc3C1=O)OC(C)C2. The van der Waals surface area contributed by atoms with Gasteiger partial charge in [0.15, 0.2) is 0 Å². The fourth-order valence-electron chi connectivity index (χ4n) is 3.69. The molecule has 1 atom stereocenters. The second-order valence-corrected chi connectivity index (χ2v) is 7.15. The van der Waals surface area contributed by atoms with Gasteiger partial charge in [0.05, 0.1) is 17.7 Å². The van der Waals surface area contributed by atoms with Crippen LogP contribution >= 0.6 is 0 Å². The maximum atomic E-state index is 12.4. The number of nitrogens with zero attached hydrogens (tertiary/aromatic N) is 1. The number of rotatable bonds is 6. The first-order chi connectivity index (χ1) is 14.0. The summed E-state index contributed by atoms with van der Waals surface area (Å²) in [5.74, 6) is 0.179. The zero-order valence-corrected chi connectivity index (χ0v) is 16.4. The van der Waals surface area contributed by atoms with E-state index in [1.807, 2.05) is 26.0 Å². The summed E-state index contributed by atoms with van der Waals surface area (Å²) in [6, 6.07) is 10.4. The van der Waals surface area contributed by atoms with Gasteiger partial charge in [0.1, 0.15) is 24.1 Å². The van der Waals surface area contributed by atoms with Crippen LogP contribution in [0.2, 0.25) is 0 Å². The Morgan fingerprint density at radius 1 is 1.21 bits per heavy atom. The van der Waals surface area contributed by atoms with Crippen molar-refractivity contribution >= 4 is 17.7 Å². The van der Waals surface area contributed by atoms with Crippen molar-refractivity contribution in [1.29, 1.82) is 0 Å². The average Bonchev–Trinajstić information content (AvgIpc) is 3.18. The lowest BCUT2D eigenvalue weighted by molar-refractivity contribution is -0.121. The molecule has 2 aliphatic rings. The third-order valence-electron chi connectivity index (χ3n) is 5.03. The zero-order chi connectivity index (χ0) is 20.5. The summed E-state index contributed by atoms with van der Waals surface area (Å²) >= 11 is 0. The van der Waals surface area contributed by atoms with Crippen molar-refractivity contribution in [3.63, 3.8) is 0 Å². The highest BCUT2D eigenvalue weighted by Gasteiger charge is 2.36. The number of nitrogens with one attached hydrogen (secondary N) is 1. The summed E-state index contributed by atoms with van der Waals surface area (Å²) in [7, 11) is 0. The molecule has 0 fully saturated rings. The lowest BCUT2D eigenvalue weighted by atomic mass is 10.1. The topological polar surface area (TPSA) is 84.9 Å². The van der Waals surface area contributed by atoms with Gasteiger partial charge in [-0.05, 0) is 38.1 Å². The minimum Gasteiger partial charge on any atom is -0.494 e. The standard InChI is InChI=1S/C22H22N2O5/c1-3-28-18-9-14-8-13(2)29-19(14)10-15(18)11-23-20(25)12-24-21(26)16-6-4-5-7-17(16)22(24)27/h4-7,9-10,13H,3,8,11-12H2,1-2H3,(H,23,25). The Bertz CT molecular complexity index is 966. The van der Waals surface area contributed by atoms with Gasteiger partial charge >= 0.3 is 0 Å². The van der Waals surface area contributed by atoms with E-state index in [4.69, 9.17) is 9.47 Å². The molecule has 2 aliphatic heterocycles. The molecule has 1 unspecified atom stereocenters. The molecule has 0 saturated carbocycles. The third kappa shape index (κ3) is 3.55. The van der Waals surface area contributed by atoms with E-state index in [0.29, 0.717) is 23.5 Å². The van der Waals surface area contributed by atoms with Gasteiger partial charge in [-0.1, -0.05) is 12.1 Å². The Hall–Kier alpha value is -3.35. The predicted molar refractivity (Wildman–Crippen MR) is 105 cm³/mol. The van der Waals surface area contributed by atoms with E-state index in [9.17, 15) is 14.4 Å². The van der Waals surface area contributed by atoms with Gasteiger partial charge in [-0.25, -0.2) is 0 Å². The second-order valence-electron chi connectivity index (χ2n) is 7.15. The molecular weight excluding hydrogens is 372 g/mol. The Morgan fingerprint density at radius 3 is 2.55 bits per heavy atom. The van der Waals surface area contributed by atoms with Gasteiger partial charge in [0.2, 0.25) is 5.91 Å². The number of imide groups is 1. The molecule has 2 heterocycles. The first kappa shape index (κ1) is 19.0. The van der Waals surface area contributed by atoms with Gasteiger partial charge in [0, 0.05) is 24.1 Å². The van der Waals surface area contributed by atoms with Crippen molar-refractivity contribution < 1.29 is 23.9 Å². The molecule has 0 aliphatic carbocycles. The Kier molecular flexibility index (Phi) is 4.96. The fraction of sp³-hybridized carbons (Fsp3) is 0.318. The smallest absolute Gasteiger partial charge is 0.262 e. The highest BCUT2D eigenvalue weighted by molar-refractivity contribution is 6.22. The quantitative estimate of drug-likeness (QED) is 0.760. The fourth-order valence-corrected chi connectivity index (χ4v) is 3.69. The Morgan fingerprint density at radius 2 is 1.90 bits per heavy atom. The number of hydrogen-bond acceptors (Lipinski definition) is 5. The minimum atomic E-state index is -0.448. The lowest BCUT2D eigenvalue weighted by Crippen LogP contribution is -2.40. The molecule has 0 aromatic heterocycles. The van der Waals surface area contributed by atoms with Crippen molar-refractivity contribution in [3.05, 3.63) is 58.7 Å². The van der Waals surface area contributed by atoms with Crippen molar-refractivity contribution in [1.82, 2.24) is 10.2 Å². The molecular formula is C22H22N2O5. The van der Waals surface area contributed by atoms with E-state index in [1.165, 1.54) is 0 Å². The van der Waals surface area contributed by atoms with E-state index in [1.54, 1.807) is 24.3 Å². The highest BCUT2D eigenvalue weighted by atomic mass is 16.5. The van der Waals surface area contributed by atoms with E-state index >= 15 is 0 Å². The molecule has 1 N–H and O–H groups in total. The molecule has 3 amide bonds. The van der Waals surface area contributed by atoms with Crippen LogP contribution in [0.1, 0.15) is 45.7 Å². The van der Waals surface area contributed by atoms with Crippen LogP contribution in [0.4, 0.5) is 0 Å². The Labute approximate surface area is 168 Å². The van der Waals surface area contributed by atoms with Crippen LogP contribution in [0, 0.1) is 0 Å². The molecule has 0 radical (unpaired) electrons. The lowest BCUT2D eigenvalue weighted by Gasteiger charge is -2.16. The number of carbonyl (C=O) groups excluding carboxylic acids is 3. The second kappa shape index (κ2) is 7.58. The zero-order valence-electron chi connectivity index (χ0n) is 16.4. The maximum absolute atomic E-state index is 12.4. The van der Waals surface area contributed by atoms with Gasteiger partial charge in [-0.2, -0.15) is 0 Å². The monoisotopic (exact) mass is 394 g/mol. The molecule has 0 saturated heterocycles. The van der Waals surface area contributed by atoms with Crippen molar-refractivity contribution in [3.8, 4) is 11.5 Å². The van der Waals surface area contributed by atoms with E-state index in [-0.39, 0.29) is 19.2 Å². The van der Waals surface area contributed by atoms with Crippen molar-refractivity contribution in [2.45, 2.75) is 32.9 Å². The van der Waals surface area contributed by atoms with E-state index < -0.39 is 17.7 Å². The number of hydrogen-bond donors (Lipinski definition) is 1. The van der Waals surface area contributed by atoms with Gasteiger partial charge in [0.25, 0.3) is 11.8 Å². The van der Waals surface area contributed by atoms with Crippen molar-refractivity contribution in [2.24, 2.45) is 0 Å². The third-order valence-corrected chi connectivity index (χ3v) is 5.03. The minimum absolute atomic E-state index is 0.109. The van der Waals surface area contributed by atoms with Crippen LogP contribution in [-0.2, 0) is 17.8 Å². The highest BCUT2D eigenvalue weighted by Crippen LogP contribution is 2.35. The average molecular weight is 394 g/mol. The summed E-state index contributed by atoms with van der Waals surface area (Å²) in [5.41, 5.74) is 2.53. The van der Waals surface area contributed by atoms with Crippen LogP contribution in [0.3, 0.4) is 0 Å². The number of benzene rings is 2. The van der Waals surface area contributed by atoms with Gasteiger partial charge in [-0.3, -0.25) is 19.3 Å². The normalized spacial score (nSPS) is 17.0. The molecule has 0 bridgehead atoms. The number of carbonyl (C=O) groups is 3. The van der Waals surface area contributed by atoms with Crippen LogP contribution < -0.4 is 14.8 Å². The molecule has 7 heteroatoms. The molecule has 150 valence electrons. The number of ether oxygens (including phenoxy) is 2. The number of fused-ring (bicyclic) bond motifs is 2. The molecule has 29 heavy (non-hydrogen) atoms. The molecule has 2 aromatic carbocycles. The molecule has 2 aromatic rings. The van der Waals surface area contributed by atoms with Crippen LogP contribution in [0.5, 0.6) is 11.5 Å². The summed E-state index contributed by atoms with van der Waals surface area (Å²) < 4.78 is 11.5. The molecule has 0 spiro atoms. The van der Waals surface area contributed by atoms with Crippen LogP contribution in [0.15, 0.2) is 36.4 Å². The van der Waals surface area contributed by atoms with E-state index in [2.05, 4.69) is 5.32 Å². The van der Waals surface area contributed by atoms with Crippen molar-refractivity contribution in [2.75, 3.05) is 13.2 Å². The first-order valence-corrected chi connectivity index (χ1v) is 9.65. The summed E-state index contributed by atoms with van der Waals surface area (Å²) in [4.78, 5) is 38.2. The molecule has 4 rings (SSSR count). The van der Waals surface area contributed by atoms with Crippen LogP contribution in [0.25, 0.3) is 0 Å². The van der Waals surface area contributed by atoms with Gasteiger partial charge in [-0.15, -0.1) is 0 Å². The largest absolute Gasteiger partial charge is 0.494 e. The number of amides is 3.